The number of hydrogen-bond acceptors (Lipinski definition) is 4. The van der Waals surface area contributed by atoms with Crippen LogP contribution in [0.15, 0.2) is 18.3 Å². The third-order valence-corrected chi connectivity index (χ3v) is 2.50. The van der Waals surface area contributed by atoms with Crippen LogP contribution in [0, 0.1) is 0 Å². The summed E-state index contributed by atoms with van der Waals surface area (Å²) in [6.07, 6.45) is 3.12. The van der Waals surface area contributed by atoms with Crippen molar-refractivity contribution in [2.75, 3.05) is 26.0 Å². The number of nitrogens with zero attached hydrogens (tertiary/aromatic N) is 2. The molecule has 0 aliphatic heterocycles. The van der Waals surface area contributed by atoms with Gasteiger partial charge in [-0.3, -0.25) is 4.79 Å². The second-order valence-electron chi connectivity index (χ2n) is 4.84. The zero-order chi connectivity index (χ0) is 14.3. The molecule has 0 saturated heterocycles. The molecule has 5 heteroatoms. The summed E-state index contributed by atoms with van der Waals surface area (Å²) in [7, 11) is 3.54. The Balaban J connectivity index is 2.42. The highest BCUT2D eigenvalue weighted by Gasteiger charge is 2.07. The van der Waals surface area contributed by atoms with Crippen LogP contribution in [0.25, 0.3) is 0 Å². The van der Waals surface area contributed by atoms with E-state index in [0.717, 1.165) is 18.7 Å². The first-order valence-corrected chi connectivity index (χ1v) is 6.56. The summed E-state index contributed by atoms with van der Waals surface area (Å²) in [5, 5.41) is 3.25. The molecule has 0 spiro atoms. The van der Waals surface area contributed by atoms with Gasteiger partial charge in [-0.15, -0.1) is 0 Å². The lowest BCUT2D eigenvalue weighted by Gasteiger charge is -2.14. The van der Waals surface area contributed by atoms with Crippen LogP contribution in [0.4, 0.5) is 5.69 Å². The van der Waals surface area contributed by atoms with E-state index in [4.69, 9.17) is 4.74 Å². The van der Waals surface area contributed by atoms with E-state index in [-0.39, 0.29) is 12.0 Å². The average molecular weight is 265 g/mol. The number of pyridine rings is 1. The van der Waals surface area contributed by atoms with Gasteiger partial charge in [0.05, 0.1) is 11.8 Å². The lowest BCUT2D eigenvalue weighted by molar-refractivity contribution is -0.128. The van der Waals surface area contributed by atoms with E-state index in [1.807, 2.05) is 26.0 Å². The normalized spacial score (nSPS) is 10.4. The highest BCUT2D eigenvalue weighted by Crippen LogP contribution is 2.21. The third-order valence-electron chi connectivity index (χ3n) is 2.50. The fourth-order valence-corrected chi connectivity index (χ4v) is 1.53. The molecule has 0 aromatic carbocycles. The minimum atomic E-state index is 0.0887. The number of anilines is 1. The summed E-state index contributed by atoms with van der Waals surface area (Å²) < 4.78 is 5.61. The summed E-state index contributed by atoms with van der Waals surface area (Å²) in [5.74, 6) is 0.753. The Labute approximate surface area is 115 Å². The molecule has 0 aliphatic carbocycles. The van der Waals surface area contributed by atoms with Gasteiger partial charge in [0.15, 0.2) is 0 Å². The van der Waals surface area contributed by atoms with Crippen LogP contribution in [0.5, 0.6) is 5.88 Å². The van der Waals surface area contributed by atoms with Crippen LogP contribution >= 0.6 is 0 Å². The minimum Gasteiger partial charge on any atom is -0.473 e. The van der Waals surface area contributed by atoms with Crippen molar-refractivity contribution in [2.24, 2.45) is 0 Å². The Morgan fingerprint density at radius 3 is 2.84 bits per heavy atom. The summed E-state index contributed by atoms with van der Waals surface area (Å²) in [5.41, 5.74) is 0.869. The van der Waals surface area contributed by atoms with E-state index >= 15 is 0 Å². The molecule has 1 aromatic heterocycles. The average Bonchev–Trinajstić information content (AvgIpc) is 2.35. The van der Waals surface area contributed by atoms with Crippen molar-refractivity contribution < 1.29 is 9.53 Å². The first-order valence-electron chi connectivity index (χ1n) is 6.56. The number of hydrogen-bond donors (Lipinski definition) is 1. The SMILES string of the molecule is CC(C)Oc1ncccc1NCCCC(=O)N(C)C. The molecule has 1 heterocycles. The Morgan fingerprint density at radius 1 is 1.47 bits per heavy atom. The van der Waals surface area contributed by atoms with Gasteiger partial charge in [0.1, 0.15) is 0 Å². The zero-order valence-electron chi connectivity index (χ0n) is 12.1. The first kappa shape index (κ1) is 15.3. The van der Waals surface area contributed by atoms with Crippen molar-refractivity contribution >= 4 is 11.6 Å². The van der Waals surface area contributed by atoms with Crippen LogP contribution < -0.4 is 10.1 Å². The third kappa shape index (κ3) is 5.59. The standard InChI is InChI=1S/C14H23N3O2/c1-11(2)19-14-12(7-5-10-16-14)15-9-6-8-13(18)17(3)4/h5,7,10-11,15H,6,8-9H2,1-4H3. The van der Waals surface area contributed by atoms with Crippen molar-refractivity contribution in [1.29, 1.82) is 0 Å². The molecular formula is C14H23N3O2. The smallest absolute Gasteiger partial charge is 0.237 e. The number of nitrogens with one attached hydrogen (secondary N) is 1. The fraction of sp³-hybridized carbons (Fsp3) is 0.571. The van der Waals surface area contributed by atoms with Crippen LogP contribution in [0.1, 0.15) is 26.7 Å². The van der Waals surface area contributed by atoms with E-state index in [1.165, 1.54) is 0 Å². The van der Waals surface area contributed by atoms with E-state index in [0.29, 0.717) is 12.3 Å². The molecule has 1 rings (SSSR count). The number of carbonyl (C=O) groups excluding carboxylic acids is 1. The molecule has 106 valence electrons. The highest BCUT2D eigenvalue weighted by atomic mass is 16.5. The van der Waals surface area contributed by atoms with Crippen molar-refractivity contribution in [1.82, 2.24) is 9.88 Å². The second-order valence-corrected chi connectivity index (χ2v) is 4.84. The summed E-state index contributed by atoms with van der Waals surface area (Å²) in [4.78, 5) is 17.2. The van der Waals surface area contributed by atoms with Crippen molar-refractivity contribution in [3.05, 3.63) is 18.3 Å². The van der Waals surface area contributed by atoms with E-state index in [9.17, 15) is 4.79 Å². The fourth-order valence-electron chi connectivity index (χ4n) is 1.53. The number of amides is 1. The maximum absolute atomic E-state index is 11.4. The molecule has 0 bridgehead atoms. The molecule has 5 nitrogen and oxygen atoms in total. The molecule has 0 atom stereocenters. The maximum Gasteiger partial charge on any atom is 0.237 e. The van der Waals surface area contributed by atoms with Gasteiger partial charge in [-0.25, -0.2) is 4.98 Å². The lowest BCUT2D eigenvalue weighted by Crippen LogP contribution is -2.22. The Hall–Kier alpha value is -1.78. The van der Waals surface area contributed by atoms with Gasteiger partial charge in [-0.05, 0) is 32.4 Å². The van der Waals surface area contributed by atoms with Crippen molar-refractivity contribution in [3.8, 4) is 5.88 Å². The number of carbonyl (C=O) groups is 1. The lowest BCUT2D eigenvalue weighted by atomic mass is 10.2. The highest BCUT2D eigenvalue weighted by molar-refractivity contribution is 5.75. The van der Waals surface area contributed by atoms with E-state index < -0.39 is 0 Å². The second kappa shape index (κ2) is 7.61. The molecule has 19 heavy (non-hydrogen) atoms. The number of aromatic nitrogens is 1. The Kier molecular flexibility index (Phi) is 6.12. The van der Waals surface area contributed by atoms with Crippen LogP contribution in [0.2, 0.25) is 0 Å². The number of ether oxygens (including phenoxy) is 1. The van der Waals surface area contributed by atoms with Gasteiger partial charge in [0.2, 0.25) is 11.8 Å². The minimum absolute atomic E-state index is 0.0887. The summed E-state index contributed by atoms with van der Waals surface area (Å²) >= 11 is 0. The van der Waals surface area contributed by atoms with E-state index in [1.54, 1.807) is 25.2 Å². The molecule has 0 fully saturated rings. The van der Waals surface area contributed by atoms with Gasteiger partial charge in [0, 0.05) is 33.3 Å². The zero-order valence-corrected chi connectivity index (χ0v) is 12.1. The molecule has 1 N–H and O–H groups in total. The Morgan fingerprint density at radius 2 is 2.21 bits per heavy atom. The van der Waals surface area contributed by atoms with Gasteiger partial charge >= 0.3 is 0 Å². The van der Waals surface area contributed by atoms with Gasteiger partial charge < -0.3 is 15.0 Å². The van der Waals surface area contributed by atoms with Crippen LogP contribution in [-0.4, -0.2) is 42.5 Å². The van der Waals surface area contributed by atoms with Crippen molar-refractivity contribution in [2.45, 2.75) is 32.8 Å². The summed E-state index contributed by atoms with van der Waals surface area (Å²) in [6, 6.07) is 3.79. The molecule has 0 unspecified atom stereocenters. The van der Waals surface area contributed by atoms with Gasteiger partial charge in [-0.1, -0.05) is 0 Å². The molecular weight excluding hydrogens is 242 g/mol. The number of rotatable bonds is 7. The molecule has 1 amide bonds. The topological polar surface area (TPSA) is 54.5 Å². The quantitative estimate of drug-likeness (QED) is 0.768. The monoisotopic (exact) mass is 265 g/mol. The van der Waals surface area contributed by atoms with Gasteiger partial charge in [0.25, 0.3) is 0 Å². The van der Waals surface area contributed by atoms with Crippen LogP contribution in [0.3, 0.4) is 0 Å². The largest absolute Gasteiger partial charge is 0.473 e. The molecule has 1 aromatic rings. The predicted molar refractivity (Wildman–Crippen MR) is 76.4 cm³/mol. The van der Waals surface area contributed by atoms with Gasteiger partial charge in [-0.2, -0.15) is 0 Å². The van der Waals surface area contributed by atoms with Crippen molar-refractivity contribution in [3.63, 3.8) is 0 Å². The first-order chi connectivity index (χ1) is 9.00. The van der Waals surface area contributed by atoms with E-state index in [2.05, 4.69) is 10.3 Å². The predicted octanol–water partition coefficient (Wildman–Crippen LogP) is 2.15. The maximum atomic E-state index is 11.4. The molecule has 0 aliphatic rings. The van der Waals surface area contributed by atoms with Crippen LogP contribution in [-0.2, 0) is 4.79 Å². The Bertz CT molecular complexity index is 405. The molecule has 0 saturated carbocycles. The summed E-state index contributed by atoms with van der Waals surface area (Å²) in [6.45, 7) is 4.65. The molecule has 0 radical (unpaired) electrons.